The Balaban J connectivity index is 1.71. The van der Waals surface area contributed by atoms with Crippen LogP contribution >= 0.6 is 11.3 Å². The molecular formula is C17H24N2O2S. The predicted molar refractivity (Wildman–Crippen MR) is 87.6 cm³/mol. The summed E-state index contributed by atoms with van der Waals surface area (Å²) in [5.41, 5.74) is 1.22. The van der Waals surface area contributed by atoms with Crippen molar-refractivity contribution in [3.05, 3.63) is 40.2 Å². The fourth-order valence-electron chi connectivity index (χ4n) is 3.14. The standard InChI is InChI=1S/C17H24N2O2S/c1-13(20)16-9-18-17(22-16)11-19(10-14-7-8-21-12-14)15-5-3-2-4-6-15/h7-9,12-13,15,20H,2-6,10-11H2,1H3. The largest absolute Gasteiger partial charge is 0.472 e. The summed E-state index contributed by atoms with van der Waals surface area (Å²) in [5, 5.41) is 10.8. The number of aromatic nitrogens is 1. The molecule has 1 aliphatic rings. The van der Waals surface area contributed by atoms with E-state index in [2.05, 4.69) is 9.88 Å². The van der Waals surface area contributed by atoms with Crippen LogP contribution in [0.25, 0.3) is 0 Å². The Morgan fingerprint density at radius 3 is 2.82 bits per heavy atom. The van der Waals surface area contributed by atoms with Crippen LogP contribution in [0.4, 0.5) is 0 Å². The first-order chi connectivity index (χ1) is 10.7. The zero-order valence-corrected chi connectivity index (χ0v) is 13.9. The number of aliphatic hydroxyl groups is 1. The highest BCUT2D eigenvalue weighted by molar-refractivity contribution is 7.11. The van der Waals surface area contributed by atoms with E-state index in [1.807, 2.05) is 18.5 Å². The Morgan fingerprint density at radius 1 is 1.36 bits per heavy atom. The lowest BCUT2D eigenvalue weighted by Crippen LogP contribution is -2.35. The van der Waals surface area contributed by atoms with Crippen molar-refractivity contribution in [3.8, 4) is 0 Å². The summed E-state index contributed by atoms with van der Waals surface area (Å²) in [6.07, 6.45) is 11.5. The molecule has 2 heterocycles. The lowest BCUT2D eigenvalue weighted by Gasteiger charge is -2.33. The number of hydrogen-bond acceptors (Lipinski definition) is 5. The van der Waals surface area contributed by atoms with Gasteiger partial charge in [-0.1, -0.05) is 19.3 Å². The molecule has 4 nitrogen and oxygen atoms in total. The van der Waals surface area contributed by atoms with Crippen molar-refractivity contribution in [2.45, 2.75) is 64.3 Å². The molecule has 1 unspecified atom stereocenters. The van der Waals surface area contributed by atoms with Crippen LogP contribution in [0.5, 0.6) is 0 Å². The van der Waals surface area contributed by atoms with E-state index in [4.69, 9.17) is 4.42 Å². The maximum atomic E-state index is 9.67. The van der Waals surface area contributed by atoms with E-state index >= 15 is 0 Å². The molecule has 1 atom stereocenters. The molecular weight excluding hydrogens is 296 g/mol. The molecule has 0 aliphatic heterocycles. The van der Waals surface area contributed by atoms with E-state index in [1.54, 1.807) is 24.5 Å². The summed E-state index contributed by atoms with van der Waals surface area (Å²) >= 11 is 1.62. The van der Waals surface area contributed by atoms with Crippen LogP contribution in [0.2, 0.25) is 0 Å². The fraction of sp³-hybridized carbons (Fsp3) is 0.588. The van der Waals surface area contributed by atoms with Gasteiger partial charge >= 0.3 is 0 Å². The van der Waals surface area contributed by atoms with Gasteiger partial charge in [0, 0.05) is 24.3 Å². The van der Waals surface area contributed by atoms with Gasteiger partial charge in [0.05, 0.1) is 30.1 Å². The topological polar surface area (TPSA) is 49.5 Å². The normalized spacial score (nSPS) is 18.0. The third-order valence-electron chi connectivity index (χ3n) is 4.38. The van der Waals surface area contributed by atoms with E-state index in [0.29, 0.717) is 6.04 Å². The lowest BCUT2D eigenvalue weighted by molar-refractivity contribution is 0.139. The zero-order valence-electron chi connectivity index (χ0n) is 13.1. The average Bonchev–Trinajstić information content (AvgIpc) is 3.19. The number of hydrogen-bond donors (Lipinski definition) is 1. The molecule has 5 heteroatoms. The Bertz CT molecular complexity index is 559. The summed E-state index contributed by atoms with van der Waals surface area (Å²) in [7, 11) is 0. The molecule has 1 N–H and O–H groups in total. The monoisotopic (exact) mass is 320 g/mol. The van der Waals surface area contributed by atoms with Crippen LogP contribution in [0.15, 0.2) is 29.2 Å². The molecule has 0 bridgehead atoms. The van der Waals surface area contributed by atoms with Gasteiger partial charge in [-0.3, -0.25) is 4.90 Å². The zero-order chi connectivity index (χ0) is 15.4. The Morgan fingerprint density at radius 2 is 2.18 bits per heavy atom. The van der Waals surface area contributed by atoms with E-state index in [0.717, 1.165) is 23.0 Å². The third kappa shape index (κ3) is 3.97. The number of furan rings is 1. The first-order valence-electron chi connectivity index (χ1n) is 8.10. The molecule has 0 saturated heterocycles. The molecule has 3 rings (SSSR count). The number of rotatable bonds is 6. The van der Waals surface area contributed by atoms with E-state index < -0.39 is 6.10 Å². The molecule has 22 heavy (non-hydrogen) atoms. The number of thiazole rings is 1. The highest BCUT2D eigenvalue weighted by atomic mass is 32.1. The van der Waals surface area contributed by atoms with Crippen molar-refractivity contribution in [2.75, 3.05) is 0 Å². The quantitative estimate of drug-likeness (QED) is 0.869. The Hall–Kier alpha value is -1.17. The first kappa shape index (κ1) is 15.7. The van der Waals surface area contributed by atoms with Crippen molar-refractivity contribution in [1.82, 2.24) is 9.88 Å². The molecule has 1 aliphatic carbocycles. The summed E-state index contributed by atoms with van der Waals surface area (Å²) in [4.78, 5) is 7.96. The van der Waals surface area contributed by atoms with Crippen LogP contribution < -0.4 is 0 Å². The highest BCUT2D eigenvalue weighted by Gasteiger charge is 2.23. The molecule has 0 spiro atoms. The summed E-state index contributed by atoms with van der Waals surface area (Å²) in [6, 6.07) is 2.67. The second-order valence-corrected chi connectivity index (χ2v) is 7.31. The molecule has 0 aromatic carbocycles. The van der Waals surface area contributed by atoms with Crippen LogP contribution in [-0.2, 0) is 13.1 Å². The van der Waals surface area contributed by atoms with Gasteiger partial charge in [-0.2, -0.15) is 0 Å². The van der Waals surface area contributed by atoms with Crippen molar-refractivity contribution in [1.29, 1.82) is 0 Å². The summed E-state index contributed by atoms with van der Waals surface area (Å²) in [6.45, 7) is 3.56. The van der Waals surface area contributed by atoms with Gasteiger partial charge in [-0.15, -0.1) is 11.3 Å². The number of nitrogens with zero attached hydrogens (tertiary/aromatic N) is 2. The fourth-order valence-corrected chi connectivity index (χ4v) is 4.03. The molecule has 1 saturated carbocycles. The molecule has 0 radical (unpaired) electrons. The summed E-state index contributed by atoms with van der Waals surface area (Å²) in [5.74, 6) is 0. The van der Waals surface area contributed by atoms with Crippen molar-refractivity contribution in [3.63, 3.8) is 0 Å². The van der Waals surface area contributed by atoms with Gasteiger partial charge in [0.1, 0.15) is 5.01 Å². The molecule has 120 valence electrons. The SMILES string of the molecule is CC(O)c1cnc(CN(Cc2ccoc2)C2CCCCC2)s1. The smallest absolute Gasteiger partial charge is 0.107 e. The molecule has 1 fully saturated rings. The van der Waals surface area contributed by atoms with Crippen LogP contribution in [0.1, 0.15) is 60.6 Å². The average molecular weight is 320 g/mol. The minimum absolute atomic E-state index is 0.428. The van der Waals surface area contributed by atoms with Crippen LogP contribution in [-0.4, -0.2) is 21.0 Å². The van der Waals surface area contributed by atoms with Crippen LogP contribution in [0, 0.1) is 0 Å². The van der Waals surface area contributed by atoms with Gasteiger partial charge in [-0.05, 0) is 25.8 Å². The molecule has 2 aromatic rings. The van der Waals surface area contributed by atoms with E-state index in [1.165, 1.54) is 37.7 Å². The van der Waals surface area contributed by atoms with Crippen LogP contribution in [0.3, 0.4) is 0 Å². The van der Waals surface area contributed by atoms with Gasteiger partial charge in [0.25, 0.3) is 0 Å². The number of aliphatic hydroxyl groups excluding tert-OH is 1. The highest BCUT2D eigenvalue weighted by Crippen LogP contribution is 2.28. The van der Waals surface area contributed by atoms with Crippen molar-refractivity contribution < 1.29 is 9.52 Å². The van der Waals surface area contributed by atoms with E-state index in [9.17, 15) is 5.11 Å². The van der Waals surface area contributed by atoms with Crippen molar-refractivity contribution >= 4 is 11.3 Å². The second-order valence-electron chi connectivity index (χ2n) is 6.16. The van der Waals surface area contributed by atoms with Gasteiger partial charge in [-0.25, -0.2) is 4.98 Å². The first-order valence-corrected chi connectivity index (χ1v) is 8.92. The maximum absolute atomic E-state index is 9.67. The van der Waals surface area contributed by atoms with Crippen molar-refractivity contribution in [2.24, 2.45) is 0 Å². The third-order valence-corrected chi connectivity index (χ3v) is 5.53. The lowest BCUT2D eigenvalue weighted by atomic mass is 9.94. The summed E-state index contributed by atoms with van der Waals surface area (Å²) < 4.78 is 5.22. The van der Waals surface area contributed by atoms with Gasteiger partial charge in [0.15, 0.2) is 0 Å². The predicted octanol–water partition coefficient (Wildman–Crippen LogP) is 4.12. The second kappa shape index (κ2) is 7.40. The van der Waals surface area contributed by atoms with E-state index in [-0.39, 0.29) is 0 Å². The Kier molecular flexibility index (Phi) is 5.28. The minimum Gasteiger partial charge on any atom is -0.472 e. The van der Waals surface area contributed by atoms with Gasteiger partial charge in [0.2, 0.25) is 0 Å². The Labute approximate surface area is 135 Å². The maximum Gasteiger partial charge on any atom is 0.107 e. The molecule has 0 amide bonds. The minimum atomic E-state index is -0.428. The molecule has 2 aromatic heterocycles. The van der Waals surface area contributed by atoms with Gasteiger partial charge < -0.3 is 9.52 Å².